The van der Waals surface area contributed by atoms with Crippen molar-refractivity contribution in [1.29, 1.82) is 0 Å². The topological polar surface area (TPSA) is 114 Å². The quantitative estimate of drug-likeness (QED) is 0.395. The number of tetrazole rings is 1. The van der Waals surface area contributed by atoms with Crippen LogP contribution in [0.5, 0.6) is 0 Å². The van der Waals surface area contributed by atoms with Crippen LogP contribution in [0.15, 0.2) is 48.5 Å². The molecule has 0 radical (unpaired) electrons. The number of benzene rings is 2. The minimum Gasteiger partial charge on any atom is -0.349 e. The third-order valence-electron chi connectivity index (χ3n) is 6.52. The molecule has 4 aromatic rings. The number of hydrogen-bond acceptors (Lipinski definition) is 6. The van der Waals surface area contributed by atoms with Gasteiger partial charge in [0.15, 0.2) is 5.82 Å². The predicted molar refractivity (Wildman–Crippen MR) is 133 cm³/mol. The first-order valence-electron chi connectivity index (χ1n) is 12.4. The van der Waals surface area contributed by atoms with Gasteiger partial charge in [0.1, 0.15) is 5.82 Å². The third kappa shape index (κ3) is 5.13. The normalized spacial score (nSPS) is 14.2. The van der Waals surface area contributed by atoms with Gasteiger partial charge in [-0.1, -0.05) is 74.7 Å². The summed E-state index contributed by atoms with van der Waals surface area (Å²) < 4.78 is 2.01. The summed E-state index contributed by atoms with van der Waals surface area (Å²) in [4.78, 5) is 17.2. The van der Waals surface area contributed by atoms with Crippen molar-refractivity contribution < 1.29 is 4.79 Å². The second-order valence-corrected chi connectivity index (χ2v) is 9.01. The molecule has 2 N–H and O–H groups in total. The Morgan fingerprint density at radius 1 is 1.06 bits per heavy atom. The van der Waals surface area contributed by atoms with Gasteiger partial charge in [-0.05, 0) is 46.4 Å². The van der Waals surface area contributed by atoms with Crippen LogP contribution in [0, 0.1) is 0 Å². The van der Waals surface area contributed by atoms with E-state index in [4.69, 9.17) is 0 Å². The lowest BCUT2D eigenvalue weighted by Gasteiger charge is -2.23. The van der Waals surface area contributed by atoms with E-state index in [2.05, 4.69) is 66.4 Å². The van der Waals surface area contributed by atoms with Crippen LogP contribution in [0.3, 0.4) is 0 Å². The van der Waals surface area contributed by atoms with Gasteiger partial charge in [0, 0.05) is 18.5 Å². The second kappa shape index (κ2) is 10.6. The monoisotopic (exact) mass is 470 g/mol. The average molecular weight is 471 g/mol. The fourth-order valence-corrected chi connectivity index (χ4v) is 4.71. The van der Waals surface area contributed by atoms with Crippen LogP contribution in [0.25, 0.3) is 22.5 Å². The molecule has 0 saturated heterocycles. The summed E-state index contributed by atoms with van der Waals surface area (Å²) in [7, 11) is 0. The van der Waals surface area contributed by atoms with E-state index in [1.54, 1.807) is 0 Å². The molecule has 1 saturated carbocycles. The highest BCUT2D eigenvalue weighted by molar-refractivity contribution is 5.90. The molecule has 0 spiro atoms. The average Bonchev–Trinajstić information content (AvgIpc) is 3.59. The molecule has 1 fully saturated rings. The van der Waals surface area contributed by atoms with E-state index < -0.39 is 0 Å². The van der Waals surface area contributed by atoms with E-state index in [-0.39, 0.29) is 11.7 Å². The van der Waals surface area contributed by atoms with Crippen LogP contribution in [0.1, 0.15) is 73.5 Å². The Bertz CT molecular complexity index is 1260. The maximum atomic E-state index is 12.6. The van der Waals surface area contributed by atoms with E-state index in [1.807, 2.05) is 29.8 Å². The Morgan fingerprint density at radius 2 is 1.83 bits per heavy atom. The van der Waals surface area contributed by atoms with Crippen molar-refractivity contribution in [2.24, 2.45) is 0 Å². The fourth-order valence-electron chi connectivity index (χ4n) is 4.71. The number of hydrogen-bond donors (Lipinski definition) is 2. The molecule has 2 aromatic carbocycles. The summed E-state index contributed by atoms with van der Waals surface area (Å²) in [6.07, 6.45) is 7.31. The first-order chi connectivity index (χ1) is 17.2. The summed E-state index contributed by atoms with van der Waals surface area (Å²) in [5.74, 6) is 1.56. The third-order valence-corrected chi connectivity index (χ3v) is 6.52. The van der Waals surface area contributed by atoms with Crippen LogP contribution in [-0.2, 0) is 6.42 Å². The van der Waals surface area contributed by atoms with Gasteiger partial charge in [-0.3, -0.25) is 4.79 Å². The zero-order chi connectivity index (χ0) is 24.0. The first kappa shape index (κ1) is 22.9. The van der Waals surface area contributed by atoms with Crippen molar-refractivity contribution >= 4 is 5.91 Å². The minimum atomic E-state index is -0.198. The van der Waals surface area contributed by atoms with Crippen molar-refractivity contribution in [2.75, 3.05) is 6.54 Å². The predicted octanol–water partition coefficient (Wildman–Crippen LogP) is 4.36. The Hall–Kier alpha value is -3.88. The molecule has 1 aliphatic carbocycles. The molecule has 1 amide bonds. The van der Waals surface area contributed by atoms with Gasteiger partial charge >= 0.3 is 0 Å². The van der Waals surface area contributed by atoms with Crippen LogP contribution in [0.2, 0.25) is 0 Å². The first-order valence-corrected chi connectivity index (χ1v) is 12.4. The molecule has 9 nitrogen and oxygen atoms in total. The Morgan fingerprint density at radius 3 is 2.54 bits per heavy atom. The highest BCUT2D eigenvalue weighted by Gasteiger charge is 2.23. The zero-order valence-corrected chi connectivity index (χ0v) is 19.9. The van der Waals surface area contributed by atoms with Crippen LogP contribution >= 0.6 is 0 Å². The summed E-state index contributed by atoms with van der Waals surface area (Å²) in [5.41, 5.74) is 4.20. The molecule has 0 unspecified atom stereocenters. The van der Waals surface area contributed by atoms with E-state index in [9.17, 15) is 4.79 Å². The van der Waals surface area contributed by atoms with Crippen molar-refractivity contribution in [3.8, 4) is 22.5 Å². The lowest BCUT2D eigenvalue weighted by Crippen LogP contribution is -2.25. The number of H-pyrrole nitrogens is 1. The van der Waals surface area contributed by atoms with E-state index in [0.29, 0.717) is 24.8 Å². The van der Waals surface area contributed by atoms with E-state index in [1.165, 1.54) is 19.3 Å². The molecule has 2 aromatic heterocycles. The maximum Gasteiger partial charge on any atom is 0.290 e. The van der Waals surface area contributed by atoms with Gasteiger partial charge in [-0.25, -0.2) is 14.8 Å². The SMILES string of the molecule is CCCNC(=O)c1nc(Cc2ccc(-c3ccccc3-c3nnn[nH]3)cc2)n(C2CCCCC2)n1. The highest BCUT2D eigenvalue weighted by Crippen LogP contribution is 2.31. The zero-order valence-electron chi connectivity index (χ0n) is 19.9. The molecule has 0 bridgehead atoms. The number of nitrogens with one attached hydrogen (secondary N) is 2. The summed E-state index contributed by atoms with van der Waals surface area (Å²) in [6, 6.07) is 16.8. The number of amides is 1. The molecular weight excluding hydrogens is 440 g/mol. The van der Waals surface area contributed by atoms with Crippen LogP contribution in [-0.4, -0.2) is 47.8 Å². The van der Waals surface area contributed by atoms with Gasteiger partial charge in [0.05, 0.1) is 6.04 Å². The molecule has 0 atom stereocenters. The Kier molecular flexibility index (Phi) is 6.92. The van der Waals surface area contributed by atoms with Crippen LogP contribution in [0.4, 0.5) is 0 Å². The largest absolute Gasteiger partial charge is 0.349 e. The number of carbonyl (C=O) groups excluding carboxylic acids is 1. The number of aromatic amines is 1. The molecule has 180 valence electrons. The molecule has 9 heteroatoms. The summed E-state index contributed by atoms with van der Waals surface area (Å²) >= 11 is 0. The Labute approximate surface area is 204 Å². The fraction of sp³-hybridized carbons (Fsp3) is 0.385. The van der Waals surface area contributed by atoms with Gasteiger partial charge in [-0.2, -0.15) is 0 Å². The standard InChI is InChI=1S/C26H30N8O/c1-2-16-27-26(35)25-28-23(34(31-25)20-8-4-3-5-9-20)17-18-12-14-19(15-13-18)21-10-6-7-11-22(21)24-29-32-33-30-24/h6-7,10-15,20H,2-5,8-9,16-17H2,1H3,(H,27,35)(H,29,30,32,33). The highest BCUT2D eigenvalue weighted by atomic mass is 16.2. The van der Waals surface area contributed by atoms with Gasteiger partial charge in [-0.15, -0.1) is 10.2 Å². The van der Waals surface area contributed by atoms with Crippen molar-refractivity contribution in [1.82, 2.24) is 40.7 Å². The molecule has 0 aliphatic heterocycles. The van der Waals surface area contributed by atoms with Crippen LogP contribution < -0.4 is 5.32 Å². The summed E-state index contributed by atoms with van der Waals surface area (Å²) in [5, 5.41) is 21.9. The maximum absolute atomic E-state index is 12.6. The number of aromatic nitrogens is 7. The number of rotatable bonds is 8. The Balaban J connectivity index is 1.40. The van der Waals surface area contributed by atoms with Gasteiger partial charge in [0.25, 0.3) is 5.91 Å². The second-order valence-electron chi connectivity index (χ2n) is 9.01. The van der Waals surface area contributed by atoms with Gasteiger partial charge < -0.3 is 5.32 Å². The van der Waals surface area contributed by atoms with E-state index in [0.717, 1.165) is 47.3 Å². The number of carbonyl (C=O) groups is 1. The lowest BCUT2D eigenvalue weighted by atomic mass is 9.95. The smallest absolute Gasteiger partial charge is 0.290 e. The van der Waals surface area contributed by atoms with Crippen molar-refractivity contribution in [2.45, 2.75) is 57.9 Å². The van der Waals surface area contributed by atoms with Crippen molar-refractivity contribution in [3.63, 3.8) is 0 Å². The molecular formula is C26H30N8O. The lowest BCUT2D eigenvalue weighted by molar-refractivity contribution is 0.0942. The minimum absolute atomic E-state index is 0.198. The van der Waals surface area contributed by atoms with Gasteiger partial charge in [0.2, 0.25) is 5.82 Å². The molecule has 5 rings (SSSR count). The van der Waals surface area contributed by atoms with E-state index >= 15 is 0 Å². The molecule has 2 heterocycles. The number of nitrogens with zero attached hydrogens (tertiary/aromatic N) is 6. The summed E-state index contributed by atoms with van der Waals surface area (Å²) in [6.45, 7) is 2.66. The molecule has 1 aliphatic rings. The van der Waals surface area contributed by atoms with Crippen molar-refractivity contribution in [3.05, 3.63) is 65.7 Å². The molecule has 35 heavy (non-hydrogen) atoms.